The molecule has 2 fully saturated rings. The minimum Gasteiger partial charge on any atom is -0.481 e. The van der Waals surface area contributed by atoms with Gasteiger partial charge in [-0.05, 0) is 31.1 Å². The van der Waals surface area contributed by atoms with Crippen molar-refractivity contribution in [3.8, 4) is 0 Å². The van der Waals surface area contributed by atoms with Gasteiger partial charge in [0.2, 0.25) is 0 Å². The fraction of sp³-hybridized carbons (Fsp3) is 0.727. The third-order valence-electron chi connectivity index (χ3n) is 3.81. The number of aliphatic carboxylic acids is 1. The molecule has 0 aromatic carbocycles. The van der Waals surface area contributed by atoms with E-state index in [1.54, 1.807) is 0 Å². The smallest absolute Gasteiger partial charge is 0.314 e. The lowest BCUT2D eigenvalue weighted by atomic mass is 9.88. The molecule has 0 spiro atoms. The number of aromatic nitrogens is 2. The van der Waals surface area contributed by atoms with Gasteiger partial charge in [0.05, 0.1) is 0 Å². The van der Waals surface area contributed by atoms with Gasteiger partial charge in [0, 0.05) is 5.92 Å². The Bertz CT molecular complexity index is 434. The molecule has 1 aromatic rings. The maximum absolute atomic E-state index is 10.4. The molecular formula is C11H14N2O3S. The van der Waals surface area contributed by atoms with Gasteiger partial charge in [-0.15, -0.1) is 0 Å². The van der Waals surface area contributed by atoms with E-state index in [0.717, 1.165) is 29.4 Å². The first kappa shape index (κ1) is 11.1. The fourth-order valence-corrected chi connectivity index (χ4v) is 3.61. The number of hydrogen-bond acceptors (Lipinski definition) is 5. The summed E-state index contributed by atoms with van der Waals surface area (Å²) >= 11 is 1.09. The number of thioether (sulfide) groups is 1. The van der Waals surface area contributed by atoms with Crippen LogP contribution in [0.1, 0.15) is 37.4 Å². The molecule has 5 nitrogen and oxygen atoms in total. The Balaban J connectivity index is 1.66. The number of carboxylic acids is 1. The second-order valence-corrected chi connectivity index (χ2v) is 5.81. The van der Waals surface area contributed by atoms with E-state index in [-0.39, 0.29) is 5.75 Å². The molecule has 2 bridgehead atoms. The standard InChI is InChI=1S/C11H14N2O3S/c14-9(15)5-17-11-12-10(13-16-11)8-4-6-1-2-7(8)3-6/h6-8H,1-5H2,(H,14,15). The topological polar surface area (TPSA) is 76.2 Å². The van der Waals surface area contributed by atoms with Gasteiger partial charge in [-0.3, -0.25) is 4.79 Å². The lowest BCUT2D eigenvalue weighted by molar-refractivity contribution is -0.133. The molecule has 1 heterocycles. The molecule has 3 atom stereocenters. The van der Waals surface area contributed by atoms with Crippen molar-refractivity contribution in [1.29, 1.82) is 0 Å². The molecule has 2 aliphatic rings. The highest BCUT2D eigenvalue weighted by Gasteiger charge is 2.42. The van der Waals surface area contributed by atoms with Crippen molar-refractivity contribution in [1.82, 2.24) is 10.1 Å². The normalized spacial score (nSPS) is 30.9. The quantitative estimate of drug-likeness (QED) is 0.830. The first-order chi connectivity index (χ1) is 8.22. The SMILES string of the molecule is O=C(O)CSc1nc(C2CC3CCC2C3)no1. The molecule has 1 aromatic heterocycles. The van der Waals surface area contributed by atoms with Crippen LogP contribution in [-0.2, 0) is 4.79 Å². The molecule has 3 rings (SSSR count). The van der Waals surface area contributed by atoms with Gasteiger partial charge in [0.1, 0.15) is 5.75 Å². The van der Waals surface area contributed by atoms with Crippen LogP contribution in [0.3, 0.4) is 0 Å². The Labute approximate surface area is 103 Å². The van der Waals surface area contributed by atoms with Crippen molar-refractivity contribution in [2.24, 2.45) is 11.8 Å². The van der Waals surface area contributed by atoms with Crippen LogP contribution < -0.4 is 0 Å². The number of carbonyl (C=O) groups is 1. The molecule has 0 radical (unpaired) electrons. The van der Waals surface area contributed by atoms with Crippen LogP contribution >= 0.6 is 11.8 Å². The molecule has 2 saturated carbocycles. The molecule has 92 valence electrons. The molecule has 17 heavy (non-hydrogen) atoms. The van der Waals surface area contributed by atoms with Crippen molar-refractivity contribution in [2.75, 3.05) is 5.75 Å². The summed E-state index contributed by atoms with van der Waals surface area (Å²) in [7, 11) is 0. The third kappa shape index (κ3) is 2.18. The van der Waals surface area contributed by atoms with E-state index in [2.05, 4.69) is 10.1 Å². The lowest BCUT2D eigenvalue weighted by Crippen LogP contribution is -2.09. The highest BCUT2D eigenvalue weighted by atomic mass is 32.2. The average molecular weight is 254 g/mol. The van der Waals surface area contributed by atoms with Crippen molar-refractivity contribution >= 4 is 17.7 Å². The number of carboxylic acid groups (broad SMARTS) is 1. The lowest BCUT2D eigenvalue weighted by Gasteiger charge is -2.17. The summed E-state index contributed by atoms with van der Waals surface area (Å²) in [6.07, 6.45) is 5.10. The first-order valence-electron chi connectivity index (χ1n) is 5.90. The van der Waals surface area contributed by atoms with Crippen LogP contribution in [0, 0.1) is 11.8 Å². The minimum atomic E-state index is -0.866. The molecule has 3 unspecified atom stereocenters. The van der Waals surface area contributed by atoms with Crippen LogP contribution in [-0.4, -0.2) is 27.0 Å². The Kier molecular flexibility index (Phi) is 2.82. The van der Waals surface area contributed by atoms with Gasteiger partial charge in [-0.2, -0.15) is 4.98 Å². The highest BCUT2D eigenvalue weighted by Crippen LogP contribution is 2.52. The first-order valence-corrected chi connectivity index (χ1v) is 6.89. The summed E-state index contributed by atoms with van der Waals surface area (Å²) in [5, 5.41) is 12.9. The average Bonchev–Trinajstić information content (AvgIpc) is 3.01. The Morgan fingerprint density at radius 1 is 1.47 bits per heavy atom. The van der Waals surface area contributed by atoms with E-state index in [4.69, 9.17) is 9.63 Å². The molecular weight excluding hydrogens is 240 g/mol. The number of hydrogen-bond donors (Lipinski definition) is 1. The van der Waals surface area contributed by atoms with Crippen LogP contribution in [0.5, 0.6) is 0 Å². The Hall–Kier alpha value is -1.04. The zero-order chi connectivity index (χ0) is 11.8. The molecule has 0 amide bonds. The molecule has 2 aliphatic carbocycles. The van der Waals surface area contributed by atoms with Crippen molar-refractivity contribution in [3.63, 3.8) is 0 Å². The number of nitrogens with zero attached hydrogens (tertiary/aromatic N) is 2. The van der Waals surface area contributed by atoms with E-state index in [9.17, 15) is 4.79 Å². The van der Waals surface area contributed by atoms with Crippen molar-refractivity contribution < 1.29 is 14.4 Å². The summed E-state index contributed by atoms with van der Waals surface area (Å²) in [6, 6.07) is 0. The number of rotatable bonds is 4. The van der Waals surface area contributed by atoms with Crippen LogP contribution in [0.2, 0.25) is 0 Å². The fourth-order valence-electron chi connectivity index (χ4n) is 3.11. The zero-order valence-electron chi connectivity index (χ0n) is 9.33. The van der Waals surface area contributed by atoms with Gasteiger partial charge in [0.25, 0.3) is 5.22 Å². The second-order valence-electron chi connectivity index (χ2n) is 4.88. The minimum absolute atomic E-state index is 0.0294. The maximum atomic E-state index is 10.4. The van der Waals surface area contributed by atoms with E-state index in [0.29, 0.717) is 11.1 Å². The van der Waals surface area contributed by atoms with E-state index >= 15 is 0 Å². The predicted octanol–water partition coefficient (Wildman–Crippen LogP) is 2.15. The molecule has 6 heteroatoms. The zero-order valence-corrected chi connectivity index (χ0v) is 10.2. The Morgan fingerprint density at radius 3 is 3.00 bits per heavy atom. The summed E-state index contributed by atoms with van der Waals surface area (Å²) in [5.74, 6) is 1.89. The van der Waals surface area contributed by atoms with Crippen LogP contribution in [0.4, 0.5) is 0 Å². The monoisotopic (exact) mass is 254 g/mol. The van der Waals surface area contributed by atoms with E-state index in [1.807, 2.05) is 0 Å². The summed E-state index contributed by atoms with van der Waals surface area (Å²) in [4.78, 5) is 14.7. The van der Waals surface area contributed by atoms with Crippen LogP contribution in [0.25, 0.3) is 0 Å². The highest BCUT2D eigenvalue weighted by molar-refractivity contribution is 7.99. The molecule has 0 aliphatic heterocycles. The van der Waals surface area contributed by atoms with Gasteiger partial charge in [0.15, 0.2) is 5.82 Å². The summed E-state index contributed by atoms with van der Waals surface area (Å²) < 4.78 is 5.07. The largest absolute Gasteiger partial charge is 0.481 e. The van der Waals surface area contributed by atoms with E-state index < -0.39 is 5.97 Å². The third-order valence-corrected chi connectivity index (χ3v) is 4.62. The Morgan fingerprint density at radius 2 is 2.35 bits per heavy atom. The second kappa shape index (κ2) is 4.33. The summed E-state index contributed by atoms with van der Waals surface area (Å²) in [6.45, 7) is 0. The van der Waals surface area contributed by atoms with Gasteiger partial charge in [-0.25, -0.2) is 0 Å². The van der Waals surface area contributed by atoms with Gasteiger partial charge < -0.3 is 9.63 Å². The van der Waals surface area contributed by atoms with Gasteiger partial charge in [-0.1, -0.05) is 23.3 Å². The van der Waals surface area contributed by atoms with Crippen molar-refractivity contribution in [3.05, 3.63) is 5.82 Å². The molecule has 0 saturated heterocycles. The molecule has 1 N–H and O–H groups in total. The number of fused-ring (bicyclic) bond motifs is 2. The van der Waals surface area contributed by atoms with Gasteiger partial charge >= 0.3 is 5.97 Å². The van der Waals surface area contributed by atoms with E-state index in [1.165, 1.54) is 25.7 Å². The van der Waals surface area contributed by atoms with Crippen LogP contribution in [0.15, 0.2) is 9.75 Å². The summed E-state index contributed by atoms with van der Waals surface area (Å²) in [5.41, 5.74) is 0. The van der Waals surface area contributed by atoms with Crippen molar-refractivity contribution in [2.45, 2.75) is 36.8 Å². The predicted molar refractivity (Wildman–Crippen MR) is 60.8 cm³/mol. The maximum Gasteiger partial charge on any atom is 0.314 e.